The van der Waals surface area contributed by atoms with Gasteiger partial charge in [-0.3, -0.25) is 4.79 Å². The van der Waals surface area contributed by atoms with Crippen molar-refractivity contribution in [2.45, 2.75) is 12.7 Å². The summed E-state index contributed by atoms with van der Waals surface area (Å²) in [5.74, 6) is -0.652. The number of primary amides is 1. The summed E-state index contributed by atoms with van der Waals surface area (Å²) in [4.78, 5) is 11.1. The van der Waals surface area contributed by atoms with Crippen molar-refractivity contribution in [3.63, 3.8) is 0 Å². The van der Waals surface area contributed by atoms with Crippen LogP contribution in [-0.2, 0) is 6.54 Å². The standard InChI is InChI=1S/C11H9F3N2O/c12-11(13,14)6-16-5-4-7-8(10(15)17)2-1-3-9(7)16/h1-5H,6H2,(H2,15,17). The first-order chi connectivity index (χ1) is 7.88. The highest BCUT2D eigenvalue weighted by Crippen LogP contribution is 2.24. The number of fused-ring (bicyclic) bond motifs is 1. The van der Waals surface area contributed by atoms with Gasteiger partial charge in [-0.05, 0) is 18.2 Å². The van der Waals surface area contributed by atoms with Crippen LogP contribution < -0.4 is 5.73 Å². The van der Waals surface area contributed by atoms with Crippen LogP contribution in [0, 0.1) is 0 Å². The lowest BCUT2D eigenvalue weighted by molar-refractivity contribution is -0.139. The van der Waals surface area contributed by atoms with Crippen LogP contribution in [0.2, 0.25) is 0 Å². The lowest BCUT2D eigenvalue weighted by Crippen LogP contribution is -2.17. The summed E-state index contributed by atoms with van der Waals surface area (Å²) < 4.78 is 37.9. The van der Waals surface area contributed by atoms with E-state index in [2.05, 4.69) is 0 Å². The number of halogens is 3. The molecule has 0 bridgehead atoms. The Labute approximate surface area is 94.6 Å². The first-order valence-electron chi connectivity index (χ1n) is 4.83. The van der Waals surface area contributed by atoms with Gasteiger partial charge >= 0.3 is 6.18 Å². The van der Waals surface area contributed by atoms with Gasteiger partial charge in [0.15, 0.2) is 0 Å². The third-order valence-corrected chi connectivity index (χ3v) is 2.43. The smallest absolute Gasteiger partial charge is 0.366 e. The number of hydrogen-bond donors (Lipinski definition) is 1. The molecule has 1 amide bonds. The molecule has 0 aliphatic carbocycles. The molecule has 0 fully saturated rings. The molecule has 3 nitrogen and oxygen atoms in total. The molecule has 0 unspecified atom stereocenters. The minimum Gasteiger partial charge on any atom is -0.366 e. The fourth-order valence-corrected chi connectivity index (χ4v) is 1.77. The first-order valence-corrected chi connectivity index (χ1v) is 4.83. The van der Waals surface area contributed by atoms with E-state index in [1.807, 2.05) is 0 Å². The Balaban J connectivity index is 2.55. The van der Waals surface area contributed by atoms with Crippen LogP contribution in [0.5, 0.6) is 0 Å². The Bertz CT molecular complexity index is 572. The summed E-state index contributed by atoms with van der Waals surface area (Å²) in [6, 6.07) is 5.98. The molecule has 1 heterocycles. The van der Waals surface area contributed by atoms with Gasteiger partial charge in [0.1, 0.15) is 6.54 Å². The summed E-state index contributed by atoms with van der Waals surface area (Å²) >= 11 is 0. The highest BCUT2D eigenvalue weighted by Gasteiger charge is 2.28. The Morgan fingerprint density at radius 2 is 2.00 bits per heavy atom. The van der Waals surface area contributed by atoms with Crippen molar-refractivity contribution >= 4 is 16.8 Å². The van der Waals surface area contributed by atoms with Crippen molar-refractivity contribution in [2.75, 3.05) is 0 Å². The van der Waals surface area contributed by atoms with Gasteiger partial charge in [-0.25, -0.2) is 0 Å². The predicted octanol–water partition coefficient (Wildman–Crippen LogP) is 2.30. The Morgan fingerprint density at radius 3 is 2.59 bits per heavy atom. The summed E-state index contributed by atoms with van der Waals surface area (Å²) in [5.41, 5.74) is 5.72. The lowest BCUT2D eigenvalue weighted by atomic mass is 10.1. The van der Waals surface area contributed by atoms with E-state index in [0.717, 1.165) is 4.57 Å². The number of rotatable bonds is 2. The van der Waals surface area contributed by atoms with E-state index in [4.69, 9.17) is 5.73 Å². The Hall–Kier alpha value is -1.98. The topological polar surface area (TPSA) is 48.0 Å². The molecule has 0 atom stereocenters. The molecule has 2 rings (SSSR count). The van der Waals surface area contributed by atoms with E-state index < -0.39 is 18.6 Å². The molecule has 0 saturated heterocycles. The van der Waals surface area contributed by atoms with Crippen molar-refractivity contribution < 1.29 is 18.0 Å². The van der Waals surface area contributed by atoms with Gasteiger partial charge in [-0.2, -0.15) is 13.2 Å². The van der Waals surface area contributed by atoms with E-state index in [1.54, 1.807) is 0 Å². The molecule has 90 valence electrons. The third kappa shape index (κ3) is 2.25. The molecular weight excluding hydrogens is 233 g/mol. The summed E-state index contributed by atoms with van der Waals surface area (Å²) in [6.07, 6.45) is -3.00. The van der Waals surface area contributed by atoms with Gasteiger partial charge in [-0.15, -0.1) is 0 Å². The van der Waals surface area contributed by atoms with Crippen LogP contribution in [0.25, 0.3) is 10.9 Å². The average molecular weight is 242 g/mol. The fourth-order valence-electron chi connectivity index (χ4n) is 1.77. The maximum atomic E-state index is 12.3. The molecule has 1 aromatic carbocycles. The number of nitrogens with two attached hydrogens (primary N) is 1. The van der Waals surface area contributed by atoms with Crippen molar-refractivity contribution in [3.05, 3.63) is 36.0 Å². The van der Waals surface area contributed by atoms with Crippen LogP contribution in [0.1, 0.15) is 10.4 Å². The van der Waals surface area contributed by atoms with Crippen LogP contribution >= 0.6 is 0 Å². The monoisotopic (exact) mass is 242 g/mol. The molecular formula is C11H9F3N2O. The third-order valence-electron chi connectivity index (χ3n) is 2.43. The van der Waals surface area contributed by atoms with Gasteiger partial charge < -0.3 is 10.3 Å². The van der Waals surface area contributed by atoms with E-state index in [1.165, 1.54) is 30.5 Å². The highest BCUT2D eigenvalue weighted by molar-refractivity contribution is 6.05. The zero-order valence-electron chi connectivity index (χ0n) is 8.66. The highest BCUT2D eigenvalue weighted by atomic mass is 19.4. The first kappa shape index (κ1) is 11.5. The molecule has 0 aliphatic heterocycles. The zero-order valence-corrected chi connectivity index (χ0v) is 8.66. The molecule has 1 aromatic heterocycles. The number of hydrogen-bond acceptors (Lipinski definition) is 1. The summed E-state index contributed by atoms with van der Waals surface area (Å²) in [5, 5.41) is 0.434. The van der Waals surface area contributed by atoms with E-state index in [0.29, 0.717) is 10.9 Å². The lowest BCUT2D eigenvalue weighted by Gasteiger charge is -2.09. The summed E-state index contributed by atoms with van der Waals surface area (Å²) in [6.45, 7) is -1.08. The molecule has 0 spiro atoms. The van der Waals surface area contributed by atoms with Gasteiger partial charge in [0.05, 0.1) is 0 Å². The van der Waals surface area contributed by atoms with E-state index in [-0.39, 0.29) is 5.56 Å². The maximum Gasteiger partial charge on any atom is 0.406 e. The van der Waals surface area contributed by atoms with Crippen LogP contribution in [0.4, 0.5) is 13.2 Å². The number of benzene rings is 1. The van der Waals surface area contributed by atoms with Crippen molar-refractivity contribution in [3.8, 4) is 0 Å². The number of amides is 1. The van der Waals surface area contributed by atoms with Crippen LogP contribution in [0.15, 0.2) is 30.5 Å². The average Bonchev–Trinajstić information content (AvgIpc) is 2.59. The Kier molecular flexibility index (Phi) is 2.57. The SMILES string of the molecule is NC(=O)c1cccc2c1ccn2CC(F)(F)F. The van der Waals surface area contributed by atoms with E-state index in [9.17, 15) is 18.0 Å². The fraction of sp³-hybridized carbons (Fsp3) is 0.182. The second-order valence-electron chi connectivity index (χ2n) is 3.66. The van der Waals surface area contributed by atoms with Crippen molar-refractivity contribution in [1.29, 1.82) is 0 Å². The zero-order chi connectivity index (χ0) is 12.6. The van der Waals surface area contributed by atoms with Crippen LogP contribution in [0.3, 0.4) is 0 Å². The molecule has 2 aromatic rings. The van der Waals surface area contributed by atoms with Gasteiger partial charge in [0, 0.05) is 22.7 Å². The molecule has 6 heteroatoms. The number of carbonyl (C=O) groups is 1. The van der Waals surface area contributed by atoms with Crippen molar-refractivity contribution in [2.24, 2.45) is 5.73 Å². The van der Waals surface area contributed by atoms with E-state index >= 15 is 0 Å². The molecule has 0 radical (unpaired) electrons. The second-order valence-corrected chi connectivity index (χ2v) is 3.66. The second kappa shape index (κ2) is 3.80. The maximum absolute atomic E-state index is 12.3. The molecule has 17 heavy (non-hydrogen) atoms. The largest absolute Gasteiger partial charge is 0.406 e. The quantitative estimate of drug-likeness (QED) is 0.863. The van der Waals surface area contributed by atoms with Gasteiger partial charge in [0.2, 0.25) is 5.91 Å². The number of carbonyl (C=O) groups excluding carboxylic acids is 1. The molecule has 0 saturated carbocycles. The minimum atomic E-state index is -4.30. The predicted molar refractivity (Wildman–Crippen MR) is 56.5 cm³/mol. The summed E-state index contributed by atoms with van der Waals surface area (Å²) in [7, 11) is 0. The Morgan fingerprint density at radius 1 is 1.29 bits per heavy atom. The minimum absolute atomic E-state index is 0.225. The normalized spacial score (nSPS) is 11.9. The molecule has 0 aliphatic rings. The number of aromatic nitrogens is 1. The number of alkyl halides is 3. The van der Waals surface area contributed by atoms with Crippen molar-refractivity contribution in [1.82, 2.24) is 4.57 Å². The van der Waals surface area contributed by atoms with Gasteiger partial charge in [0.25, 0.3) is 0 Å². The van der Waals surface area contributed by atoms with Crippen LogP contribution in [-0.4, -0.2) is 16.7 Å². The number of nitrogens with zero attached hydrogens (tertiary/aromatic N) is 1. The molecule has 2 N–H and O–H groups in total. The van der Waals surface area contributed by atoms with Gasteiger partial charge in [-0.1, -0.05) is 6.07 Å².